The fourth-order valence-corrected chi connectivity index (χ4v) is 7.98. The SMILES string of the molecule is COCOc1cc(-c2c(-c3ccc4c5c(ccc4c3)C3=C(CC(C)(C)C=C3)CC5(C)C)ccc3ccccc23)cc(Br)c1C. The van der Waals surface area contributed by atoms with E-state index in [-0.39, 0.29) is 17.6 Å². The average molecular weight is 644 g/mol. The first kappa shape index (κ1) is 29.1. The van der Waals surface area contributed by atoms with Crippen LogP contribution in [0, 0.1) is 12.3 Å². The maximum atomic E-state index is 6.00. The van der Waals surface area contributed by atoms with E-state index in [4.69, 9.17) is 9.47 Å². The molecule has 0 fully saturated rings. The second kappa shape index (κ2) is 10.8. The molecule has 2 nitrogen and oxygen atoms in total. The van der Waals surface area contributed by atoms with Gasteiger partial charge in [0, 0.05) is 17.1 Å². The molecule has 0 radical (unpaired) electrons. The van der Waals surface area contributed by atoms with Gasteiger partial charge in [-0.3, -0.25) is 0 Å². The first-order valence-corrected chi connectivity index (χ1v) is 16.3. The lowest BCUT2D eigenvalue weighted by Crippen LogP contribution is -2.27. The molecule has 5 aromatic carbocycles. The van der Waals surface area contributed by atoms with Crippen LogP contribution < -0.4 is 4.74 Å². The maximum Gasteiger partial charge on any atom is 0.188 e. The number of allylic oxidation sites excluding steroid dienone is 4. The molecule has 0 atom stereocenters. The zero-order valence-electron chi connectivity index (χ0n) is 26.5. The minimum Gasteiger partial charge on any atom is -0.467 e. The summed E-state index contributed by atoms with van der Waals surface area (Å²) >= 11 is 3.81. The van der Waals surface area contributed by atoms with Crippen molar-refractivity contribution in [2.24, 2.45) is 5.41 Å². The number of rotatable bonds is 5. The van der Waals surface area contributed by atoms with Crippen LogP contribution in [0.1, 0.15) is 57.2 Å². The zero-order valence-corrected chi connectivity index (χ0v) is 28.1. The normalized spacial score (nSPS) is 16.7. The van der Waals surface area contributed by atoms with Gasteiger partial charge >= 0.3 is 0 Å². The maximum absolute atomic E-state index is 6.00. The second-order valence-corrected chi connectivity index (χ2v) is 14.7. The van der Waals surface area contributed by atoms with Gasteiger partial charge in [0.15, 0.2) is 6.79 Å². The van der Waals surface area contributed by atoms with Gasteiger partial charge in [-0.05, 0) is 109 Å². The number of methoxy groups -OCH3 is 1. The Hall–Kier alpha value is -3.66. The minimum atomic E-state index is 0.0668. The molecule has 2 aliphatic carbocycles. The van der Waals surface area contributed by atoms with Crippen LogP contribution in [0.5, 0.6) is 5.75 Å². The van der Waals surface area contributed by atoms with E-state index in [0.29, 0.717) is 0 Å². The van der Waals surface area contributed by atoms with Gasteiger partial charge in [0.1, 0.15) is 5.75 Å². The van der Waals surface area contributed by atoms with Crippen LogP contribution in [0.15, 0.2) is 101 Å². The lowest BCUT2D eigenvalue weighted by Gasteiger charge is -2.40. The summed E-state index contributed by atoms with van der Waals surface area (Å²) in [5.41, 5.74) is 12.0. The van der Waals surface area contributed by atoms with Gasteiger partial charge in [-0.25, -0.2) is 0 Å². The summed E-state index contributed by atoms with van der Waals surface area (Å²) in [5.74, 6) is 0.816. The second-order valence-electron chi connectivity index (χ2n) is 13.8. The van der Waals surface area contributed by atoms with Crippen molar-refractivity contribution in [3.05, 3.63) is 118 Å². The molecule has 0 saturated carbocycles. The van der Waals surface area contributed by atoms with Crippen molar-refractivity contribution in [3.8, 4) is 28.0 Å². The topological polar surface area (TPSA) is 18.5 Å². The minimum absolute atomic E-state index is 0.0668. The number of halogens is 1. The van der Waals surface area contributed by atoms with Gasteiger partial charge in [-0.2, -0.15) is 0 Å². The van der Waals surface area contributed by atoms with E-state index < -0.39 is 0 Å². The molecule has 0 spiro atoms. The molecule has 2 aliphatic rings. The molecule has 7 rings (SSSR count). The number of benzene rings is 5. The van der Waals surface area contributed by atoms with Crippen LogP contribution in [0.4, 0.5) is 0 Å². The summed E-state index contributed by atoms with van der Waals surface area (Å²) in [4.78, 5) is 0. The van der Waals surface area contributed by atoms with Crippen LogP contribution in [0.3, 0.4) is 0 Å². The molecule has 0 aromatic heterocycles. The number of hydrogen-bond donors (Lipinski definition) is 0. The van der Waals surface area contributed by atoms with Crippen molar-refractivity contribution in [1.82, 2.24) is 0 Å². The molecule has 0 saturated heterocycles. The fourth-order valence-electron chi connectivity index (χ4n) is 7.54. The monoisotopic (exact) mass is 642 g/mol. The smallest absolute Gasteiger partial charge is 0.188 e. The number of ether oxygens (including phenoxy) is 2. The Morgan fingerprint density at radius 2 is 1.55 bits per heavy atom. The van der Waals surface area contributed by atoms with Crippen molar-refractivity contribution < 1.29 is 9.47 Å². The highest BCUT2D eigenvalue weighted by molar-refractivity contribution is 9.10. The summed E-state index contributed by atoms with van der Waals surface area (Å²) in [6.45, 7) is 11.8. The van der Waals surface area contributed by atoms with Gasteiger partial charge in [-0.15, -0.1) is 0 Å². The average Bonchev–Trinajstić information content (AvgIpc) is 2.99. The van der Waals surface area contributed by atoms with E-state index in [9.17, 15) is 0 Å². The first-order chi connectivity index (χ1) is 21.1. The largest absolute Gasteiger partial charge is 0.467 e. The van der Waals surface area contributed by atoms with Crippen molar-refractivity contribution in [2.45, 2.75) is 52.9 Å². The third kappa shape index (κ3) is 4.91. The van der Waals surface area contributed by atoms with Gasteiger partial charge in [-0.1, -0.05) is 122 Å². The molecular formula is C41H39BrO2. The Bertz CT molecular complexity index is 2020. The molecule has 0 unspecified atom stereocenters. The molecule has 0 bridgehead atoms. The Balaban J connectivity index is 1.42. The lowest BCUT2D eigenvalue weighted by molar-refractivity contribution is 0.0506. The van der Waals surface area contributed by atoms with E-state index in [0.717, 1.165) is 34.2 Å². The van der Waals surface area contributed by atoms with E-state index in [1.807, 2.05) is 0 Å². The van der Waals surface area contributed by atoms with E-state index in [1.165, 1.54) is 54.9 Å². The van der Waals surface area contributed by atoms with Gasteiger partial charge < -0.3 is 9.47 Å². The van der Waals surface area contributed by atoms with Crippen molar-refractivity contribution >= 4 is 43.0 Å². The summed E-state index contributed by atoms with van der Waals surface area (Å²) in [6.07, 6.45) is 7.03. The van der Waals surface area contributed by atoms with Crippen molar-refractivity contribution in [1.29, 1.82) is 0 Å². The Kier molecular flexibility index (Phi) is 7.10. The van der Waals surface area contributed by atoms with Crippen LogP contribution in [0.2, 0.25) is 0 Å². The van der Waals surface area contributed by atoms with Gasteiger partial charge in [0.2, 0.25) is 0 Å². The molecule has 0 aliphatic heterocycles. The molecular weight excluding hydrogens is 604 g/mol. The molecule has 0 N–H and O–H groups in total. The van der Waals surface area contributed by atoms with Crippen LogP contribution in [-0.2, 0) is 10.2 Å². The Labute approximate surface area is 269 Å². The summed E-state index contributed by atoms with van der Waals surface area (Å²) in [5, 5.41) is 5.08. The Morgan fingerprint density at radius 1 is 0.773 bits per heavy atom. The molecule has 44 heavy (non-hydrogen) atoms. The number of fused-ring (bicyclic) bond motifs is 5. The Morgan fingerprint density at radius 3 is 2.36 bits per heavy atom. The molecule has 222 valence electrons. The molecule has 0 amide bonds. The highest BCUT2D eigenvalue weighted by Gasteiger charge is 2.36. The fraction of sp³-hybridized carbons (Fsp3) is 0.268. The van der Waals surface area contributed by atoms with E-state index >= 15 is 0 Å². The summed E-state index contributed by atoms with van der Waals surface area (Å²) in [7, 11) is 1.65. The van der Waals surface area contributed by atoms with Crippen molar-refractivity contribution in [2.75, 3.05) is 13.9 Å². The predicted molar refractivity (Wildman–Crippen MR) is 189 cm³/mol. The first-order valence-electron chi connectivity index (χ1n) is 15.5. The summed E-state index contributed by atoms with van der Waals surface area (Å²) < 4.78 is 12.3. The van der Waals surface area contributed by atoms with Crippen molar-refractivity contribution in [3.63, 3.8) is 0 Å². The molecule has 0 heterocycles. The lowest BCUT2D eigenvalue weighted by atomic mass is 9.64. The standard InChI is InChI=1S/C41H39BrO2/c1-25-36(42)20-29(21-37(25)44-24-43-6)38-32-10-8-7-9-26(32)11-14-33(38)27-12-15-34-28(19-27)13-16-35-31-17-18-40(2,3)22-30(31)23-41(4,5)39(34)35/h7-21H,22-24H2,1-6H3. The highest BCUT2D eigenvalue weighted by atomic mass is 79.9. The van der Waals surface area contributed by atoms with Gasteiger partial charge in [0.05, 0.1) is 0 Å². The predicted octanol–water partition coefficient (Wildman–Crippen LogP) is 11.8. The van der Waals surface area contributed by atoms with E-state index in [2.05, 4.69) is 142 Å². The van der Waals surface area contributed by atoms with E-state index in [1.54, 1.807) is 12.7 Å². The van der Waals surface area contributed by atoms with Crippen LogP contribution >= 0.6 is 15.9 Å². The third-order valence-corrected chi connectivity index (χ3v) is 10.4. The van der Waals surface area contributed by atoms with Gasteiger partial charge in [0.25, 0.3) is 0 Å². The third-order valence-electron chi connectivity index (χ3n) is 9.55. The summed E-state index contributed by atoms with van der Waals surface area (Å²) in [6, 6.07) is 29.3. The quantitative estimate of drug-likeness (QED) is 0.178. The highest BCUT2D eigenvalue weighted by Crippen LogP contribution is 2.51. The molecule has 3 heteroatoms. The number of hydrogen-bond acceptors (Lipinski definition) is 2. The van der Waals surface area contributed by atoms with Crippen LogP contribution in [0.25, 0.3) is 49.4 Å². The van der Waals surface area contributed by atoms with Crippen LogP contribution in [-0.4, -0.2) is 13.9 Å². The zero-order chi connectivity index (χ0) is 30.8. The molecule has 5 aromatic rings.